The summed E-state index contributed by atoms with van der Waals surface area (Å²) in [5.41, 5.74) is 1.78. The topological polar surface area (TPSA) is 73.1 Å². The molecule has 0 N–H and O–H groups in total. The number of aromatic nitrogens is 4. The molecule has 0 saturated carbocycles. The molecule has 0 radical (unpaired) electrons. The lowest BCUT2D eigenvalue weighted by Crippen LogP contribution is -2.42. The van der Waals surface area contributed by atoms with Crippen molar-refractivity contribution in [3.05, 3.63) is 71.4 Å². The summed E-state index contributed by atoms with van der Waals surface area (Å²) >= 11 is 0. The molecule has 1 aromatic carbocycles. The fourth-order valence-corrected chi connectivity index (χ4v) is 3.60. The zero-order valence-corrected chi connectivity index (χ0v) is 15.4. The van der Waals surface area contributed by atoms with Crippen LogP contribution in [0.15, 0.2) is 48.7 Å². The van der Waals surface area contributed by atoms with Gasteiger partial charge in [0.25, 0.3) is 5.91 Å². The fourth-order valence-electron chi connectivity index (χ4n) is 3.60. The number of pyridine rings is 1. The Bertz CT molecular complexity index is 954. The summed E-state index contributed by atoms with van der Waals surface area (Å²) in [6.45, 7) is 3.00. The minimum atomic E-state index is -0.0549. The van der Waals surface area contributed by atoms with Gasteiger partial charge in [0.2, 0.25) is 5.88 Å². The zero-order valence-electron chi connectivity index (χ0n) is 15.4. The van der Waals surface area contributed by atoms with Gasteiger partial charge in [-0.15, -0.1) is 10.2 Å². The van der Waals surface area contributed by atoms with Crippen LogP contribution in [0.2, 0.25) is 0 Å². The highest BCUT2D eigenvalue weighted by molar-refractivity contribution is 5.94. The van der Waals surface area contributed by atoms with Gasteiger partial charge in [0, 0.05) is 24.4 Å². The third kappa shape index (κ3) is 3.40. The molecule has 3 heterocycles. The number of aryl methyl sites for hydroxylation is 1. The number of hydrogen-bond donors (Lipinski definition) is 0. The smallest absolute Gasteiger partial charge is 0.254 e. The summed E-state index contributed by atoms with van der Waals surface area (Å²) in [6.07, 6.45) is 2.40. The Kier molecular flexibility index (Phi) is 4.58. The van der Waals surface area contributed by atoms with Crippen LogP contribution < -0.4 is 4.74 Å². The molecule has 2 aromatic heterocycles. The van der Waals surface area contributed by atoms with Crippen LogP contribution in [0.5, 0.6) is 5.88 Å². The van der Waals surface area contributed by atoms with Crippen molar-refractivity contribution in [2.24, 2.45) is 0 Å². The Balaban J connectivity index is 1.63. The molecule has 0 aliphatic carbocycles. The first-order valence-electron chi connectivity index (χ1n) is 8.89. The first-order valence-corrected chi connectivity index (χ1v) is 8.89. The molecule has 138 valence electrons. The van der Waals surface area contributed by atoms with E-state index in [-0.39, 0.29) is 11.9 Å². The maximum absolute atomic E-state index is 13.1. The number of amides is 1. The van der Waals surface area contributed by atoms with E-state index in [2.05, 4.69) is 31.9 Å². The maximum Gasteiger partial charge on any atom is 0.254 e. The number of nitrogens with zero attached hydrogens (tertiary/aromatic N) is 5. The number of hydrogen-bond acceptors (Lipinski definition) is 5. The average molecular weight is 363 g/mol. The molecule has 3 aromatic rings. The van der Waals surface area contributed by atoms with Gasteiger partial charge in [0.05, 0.1) is 19.7 Å². The Morgan fingerprint density at radius 3 is 2.81 bits per heavy atom. The van der Waals surface area contributed by atoms with E-state index in [0.29, 0.717) is 24.5 Å². The quantitative estimate of drug-likeness (QED) is 0.712. The number of carbonyl (C=O) groups is 1. The molecule has 0 bridgehead atoms. The van der Waals surface area contributed by atoms with Crippen LogP contribution in [0.4, 0.5) is 0 Å². The van der Waals surface area contributed by atoms with Crippen molar-refractivity contribution >= 4 is 5.91 Å². The zero-order chi connectivity index (χ0) is 18.8. The van der Waals surface area contributed by atoms with E-state index in [4.69, 9.17) is 4.74 Å². The van der Waals surface area contributed by atoms with Gasteiger partial charge in [-0.25, -0.2) is 4.98 Å². The summed E-state index contributed by atoms with van der Waals surface area (Å²) in [7, 11) is 1.54. The van der Waals surface area contributed by atoms with Crippen molar-refractivity contribution in [3.63, 3.8) is 0 Å². The summed E-state index contributed by atoms with van der Waals surface area (Å²) in [5.74, 6) is 2.07. The lowest BCUT2D eigenvalue weighted by Gasteiger charge is -2.34. The molecule has 27 heavy (non-hydrogen) atoms. The third-order valence-electron chi connectivity index (χ3n) is 4.86. The highest BCUT2D eigenvalue weighted by Gasteiger charge is 2.31. The molecule has 0 unspecified atom stereocenters. The van der Waals surface area contributed by atoms with Crippen LogP contribution in [-0.2, 0) is 13.0 Å². The predicted octanol–water partition coefficient (Wildman–Crippen LogP) is 2.43. The Morgan fingerprint density at radius 2 is 2.04 bits per heavy atom. The molecular formula is C20H21N5O2. The van der Waals surface area contributed by atoms with Gasteiger partial charge >= 0.3 is 0 Å². The molecule has 1 aliphatic rings. The summed E-state index contributed by atoms with van der Waals surface area (Å²) in [5, 5.41) is 8.52. The van der Waals surface area contributed by atoms with Gasteiger partial charge in [0.15, 0.2) is 5.82 Å². The second-order valence-electron chi connectivity index (χ2n) is 6.65. The molecule has 7 nitrogen and oxygen atoms in total. The molecule has 1 atom stereocenters. The van der Waals surface area contributed by atoms with Crippen molar-refractivity contribution in [2.45, 2.75) is 25.9 Å². The van der Waals surface area contributed by atoms with E-state index in [0.717, 1.165) is 18.1 Å². The number of fused-ring (bicyclic) bond motifs is 1. The first kappa shape index (κ1) is 17.2. The Labute approximate surface area is 157 Å². The summed E-state index contributed by atoms with van der Waals surface area (Å²) in [6, 6.07) is 13.8. The monoisotopic (exact) mass is 363 g/mol. The Hall–Kier alpha value is -3.22. The molecule has 0 spiro atoms. The van der Waals surface area contributed by atoms with E-state index in [1.807, 2.05) is 30.0 Å². The van der Waals surface area contributed by atoms with E-state index in [1.54, 1.807) is 25.4 Å². The highest BCUT2D eigenvalue weighted by Crippen LogP contribution is 2.26. The normalized spacial score (nSPS) is 16.1. The minimum absolute atomic E-state index is 0.0549. The second-order valence-corrected chi connectivity index (χ2v) is 6.65. The van der Waals surface area contributed by atoms with Crippen molar-refractivity contribution in [2.75, 3.05) is 13.7 Å². The van der Waals surface area contributed by atoms with Gasteiger partial charge in [-0.3, -0.25) is 4.79 Å². The predicted molar refractivity (Wildman–Crippen MR) is 99.5 cm³/mol. The molecule has 1 amide bonds. The largest absolute Gasteiger partial charge is 0.481 e. The number of rotatable bonds is 4. The van der Waals surface area contributed by atoms with Crippen LogP contribution in [0, 0.1) is 6.92 Å². The molecule has 7 heteroatoms. The highest BCUT2D eigenvalue weighted by atomic mass is 16.5. The molecular weight excluding hydrogens is 342 g/mol. The maximum atomic E-state index is 13.1. The number of benzene rings is 1. The van der Waals surface area contributed by atoms with E-state index in [9.17, 15) is 4.79 Å². The molecule has 1 aliphatic heterocycles. The summed E-state index contributed by atoms with van der Waals surface area (Å²) < 4.78 is 7.30. The van der Waals surface area contributed by atoms with E-state index < -0.39 is 0 Å². The van der Waals surface area contributed by atoms with E-state index >= 15 is 0 Å². The number of methoxy groups -OCH3 is 1. The van der Waals surface area contributed by atoms with Crippen LogP contribution in [-0.4, -0.2) is 44.2 Å². The first-order chi connectivity index (χ1) is 13.2. The second kappa shape index (κ2) is 7.19. The van der Waals surface area contributed by atoms with Gasteiger partial charge < -0.3 is 14.2 Å². The molecule has 0 saturated heterocycles. The lowest BCUT2D eigenvalue weighted by molar-refractivity contribution is 0.0671. The van der Waals surface area contributed by atoms with Crippen molar-refractivity contribution in [1.29, 1.82) is 0 Å². The van der Waals surface area contributed by atoms with Gasteiger partial charge in [0.1, 0.15) is 5.82 Å². The standard InChI is InChI=1S/C20H21N5O2/c1-14-22-23-18-13-24(20(26)16-8-9-21-19(11-16)27-2)12-17(25(14)18)10-15-6-4-3-5-7-15/h3-9,11,17H,10,12-13H2,1-2H3/t17-/m1/s1. The molecule has 4 rings (SSSR count). The third-order valence-corrected chi connectivity index (χ3v) is 4.86. The Morgan fingerprint density at radius 1 is 1.22 bits per heavy atom. The van der Waals surface area contributed by atoms with Crippen LogP contribution in [0.25, 0.3) is 0 Å². The average Bonchev–Trinajstić information content (AvgIpc) is 3.09. The SMILES string of the molecule is COc1cc(C(=O)N2Cc3nnc(C)n3[C@H](Cc3ccccc3)C2)ccn1. The van der Waals surface area contributed by atoms with E-state index in [1.165, 1.54) is 5.56 Å². The van der Waals surface area contributed by atoms with Crippen molar-refractivity contribution in [1.82, 2.24) is 24.6 Å². The van der Waals surface area contributed by atoms with Crippen molar-refractivity contribution < 1.29 is 9.53 Å². The van der Waals surface area contributed by atoms with Crippen LogP contribution >= 0.6 is 0 Å². The number of ether oxygens (including phenoxy) is 1. The lowest BCUT2D eigenvalue weighted by atomic mass is 10.0. The van der Waals surface area contributed by atoms with Crippen molar-refractivity contribution in [3.8, 4) is 5.88 Å². The summed E-state index contributed by atoms with van der Waals surface area (Å²) in [4.78, 5) is 19.0. The number of carbonyl (C=O) groups excluding carboxylic acids is 1. The molecule has 0 fully saturated rings. The minimum Gasteiger partial charge on any atom is -0.481 e. The van der Waals surface area contributed by atoms with Gasteiger partial charge in [-0.05, 0) is 25.0 Å². The van der Waals surface area contributed by atoms with Crippen LogP contribution in [0.3, 0.4) is 0 Å². The van der Waals surface area contributed by atoms with Crippen LogP contribution in [0.1, 0.15) is 33.6 Å². The fraction of sp³-hybridized carbons (Fsp3) is 0.300. The van der Waals surface area contributed by atoms with Gasteiger partial charge in [-0.1, -0.05) is 30.3 Å². The van der Waals surface area contributed by atoms with Gasteiger partial charge in [-0.2, -0.15) is 0 Å².